The van der Waals surface area contributed by atoms with Crippen molar-refractivity contribution in [3.05, 3.63) is 65.2 Å². The highest BCUT2D eigenvalue weighted by molar-refractivity contribution is 6.17. The van der Waals surface area contributed by atoms with Gasteiger partial charge in [-0.25, -0.2) is 0 Å². The van der Waals surface area contributed by atoms with E-state index in [4.69, 9.17) is 16.3 Å². The van der Waals surface area contributed by atoms with Crippen molar-refractivity contribution < 1.29 is 4.74 Å². The number of alkyl halides is 1. The van der Waals surface area contributed by atoms with Gasteiger partial charge in [-0.05, 0) is 35.1 Å². The zero-order valence-corrected chi connectivity index (χ0v) is 12.9. The Hall–Kier alpha value is -1.47. The molecule has 0 bridgehead atoms. The maximum Gasteiger partial charge on any atom is 0.123 e. The van der Waals surface area contributed by atoms with E-state index in [-0.39, 0.29) is 0 Å². The first-order valence-corrected chi connectivity index (χ1v) is 7.64. The monoisotopic (exact) mass is 288 g/mol. The molecule has 0 amide bonds. The van der Waals surface area contributed by atoms with Crippen molar-refractivity contribution in [2.45, 2.75) is 38.7 Å². The van der Waals surface area contributed by atoms with E-state index in [0.717, 1.165) is 23.3 Å². The zero-order valence-electron chi connectivity index (χ0n) is 12.1. The molecule has 20 heavy (non-hydrogen) atoms. The van der Waals surface area contributed by atoms with Crippen molar-refractivity contribution in [1.82, 2.24) is 0 Å². The van der Waals surface area contributed by atoms with E-state index in [9.17, 15) is 0 Å². The minimum absolute atomic E-state index is 0.509. The molecule has 1 unspecified atom stereocenters. The Labute approximate surface area is 126 Å². The molecule has 0 aliphatic rings. The Kier molecular flexibility index (Phi) is 5.49. The van der Waals surface area contributed by atoms with Crippen molar-refractivity contribution in [1.29, 1.82) is 0 Å². The van der Waals surface area contributed by atoms with Crippen LogP contribution < -0.4 is 4.74 Å². The molecule has 2 heteroatoms. The summed E-state index contributed by atoms with van der Waals surface area (Å²) in [7, 11) is 0. The van der Waals surface area contributed by atoms with Gasteiger partial charge in [0, 0.05) is 5.88 Å². The van der Waals surface area contributed by atoms with E-state index in [0.29, 0.717) is 18.4 Å². The van der Waals surface area contributed by atoms with Crippen molar-refractivity contribution >= 4 is 11.6 Å². The van der Waals surface area contributed by atoms with Crippen molar-refractivity contribution in [3.8, 4) is 5.75 Å². The Balaban J connectivity index is 2.15. The van der Waals surface area contributed by atoms with Gasteiger partial charge < -0.3 is 4.74 Å². The van der Waals surface area contributed by atoms with Crippen molar-refractivity contribution in [2.24, 2.45) is 0 Å². The molecule has 106 valence electrons. The lowest BCUT2D eigenvalue weighted by atomic mass is 9.98. The van der Waals surface area contributed by atoms with Gasteiger partial charge in [0.2, 0.25) is 0 Å². The van der Waals surface area contributed by atoms with Gasteiger partial charge in [0.05, 0.1) is 0 Å². The SMILES string of the molecule is CCC(C)c1ccccc1OCc1ccccc1CCl. The lowest BCUT2D eigenvalue weighted by Crippen LogP contribution is -2.02. The van der Waals surface area contributed by atoms with E-state index in [1.165, 1.54) is 5.56 Å². The average Bonchev–Trinajstić information content (AvgIpc) is 2.52. The standard InChI is InChI=1S/C18H21ClO/c1-3-14(2)17-10-6-7-11-18(17)20-13-16-9-5-4-8-15(16)12-19/h4-11,14H,3,12-13H2,1-2H3. The molecule has 0 aliphatic carbocycles. The normalized spacial score (nSPS) is 12.2. The Morgan fingerprint density at radius 1 is 1.00 bits per heavy atom. The van der Waals surface area contributed by atoms with Crippen LogP contribution in [0.15, 0.2) is 48.5 Å². The molecule has 0 fully saturated rings. The van der Waals surface area contributed by atoms with E-state index in [2.05, 4.69) is 32.0 Å². The molecule has 0 aliphatic heterocycles. The van der Waals surface area contributed by atoms with Crippen LogP contribution in [0, 0.1) is 0 Å². The fourth-order valence-corrected chi connectivity index (χ4v) is 2.48. The van der Waals surface area contributed by atoms with Crippen LogP contribution >= 0.6 is 11.6 Å². The fraction of sp³-hybridized carbons (Fsp3) is 0.333. The number of para-hydroxylation sites is 1. The van der Waals surface area contributed by atoms with E-state index in [1.807, 2.05) is 30.3 Å². The first-order chi connectivity index (χ1) is 9.76. The predicted molar refractivity (Wildman–Crippen MR) is 85.5 cm³/mol. The number of hydrogen-bond donors (Lipinski definition) is 0. The summed E-state index contributed by atoms with van der Waals surface area (Å²) < 4.78 is 6.03. The van der Waals surface area contributed by atoms with Gasteiger partial charge in [0.1, 0.15) is 12.4 Å². The van der Waals surface area contributed by atoms with Crippen LogP contribution in [-0.4, -0.2) is 0 Å². The van der Waals surface area contributed by atoms with E-state index in [1.54, 1.807) is 0 Å². The molecule has 0 heterocycles. The van der Waals surface area contributed by atoms with Gasteiger partial charge in [0.25, 0.3) is 0 Å². The summed E-state index contributed by atoms with van der Waals surface area (Å²) in [5, 5.41) is 0. The molecule has 0 aromatic heterocycles. The second kappa shape index (κ2) is 7.35. The molecule has 0 radical (unpaired) electrons. The molecule has 2 aromatic carbocycles. The molecule has 0 saturated carbocycles. The smallest absolute Gasteiger partial charge is 0.123 e. The fourth-order valence-electron chi connectivity index (χ4n) is 2.22. The first-order valence-electron chi connectivity index (χ1n) is 7.10. The quantitative estimate of drug-likeness (QED) is 0.636. The Morgan fingerprint density at radius 2 is 1.65 bits per heavy atom. The zero-order chi connectivity index (χ0) is 14.4. The summed E-state index contributed by atoms with van der Waals surface area (Å²) in [6.07, 6.45) is 1.11. The van der Waals surface area contributed by atoms with Crippen LogP contribution in [0.25, 0.3) is 0 Å². The van der Waals surface area contributed by atoms with E-state index < -0.39 is 0 Å². The number of halogens is 1. The van der Waals surface area contributed by atoms with Crippen LogP contribution in [0.4, 0.5) is 0 Å². The molecule has 2 rings (SSSR count). The van der Waals surface area contributed by atoms with Crippen LogP contribution in [0.1, 0.15) is 42.9 Å². The number of benzene rings is 2. The summed E-state index contributed by atoms with van der Waals surface area (Å²) in [6, 6.07) is 16.4. The molecular weight excluding hydrogens is 268 g/mol. The Bertz CT molecular complexity index is 551. The van der Waals surface area contributed by atoms with Gasteiger partial charge in [-0.15, -0.1) is 11.6 Å². The summed E-state index contributed by atoms with van der Waals surface area (Å²) in [6.45, 7) is 5.00. The number of rotatable bonds is 6. The molecule has 0 spiro atoms. The lowest BCUT2D eigenvalue weighted by Gasteiger charge is -2.16. The second-order valence-corrected chi connectivity index (χ2v) is 5.31. The van der Waals surface area contributed by atoms with Crippen LogP contribution in [0.2, 0.25) is 0 Å². The minimum Gasteiger partial charge on any atom is -0.489 e. The summed E-state index contributed by atoms with van der Waals surface area (Å²) in [5.74, 6) is 2.01. The molecule has 1 nitrogen and oxygen atoms in total. The lowest BCUT2D eigenvalue weighted by molar-refractivity contribution is 0.300. The molecule has 0 N–H and O–H groups in total. The van der Waals surface area contributed by atoms with Gasteiger partial charge in [-0.2, -0.15) is 0 Å². The molecule has 0 saturated heterocycles. The third kappa shape index (κ3) is 3.55. The topological polar surface area (TPSA) is 9.23 Å². The Morgan fingerprint density at radius 3 is 2.35 bits per heavy atom. The highest BCUT2D eigenvalue weighted by Gasteiger charge is 2.10. The highest BCUT2D eigenvalue weighted by atomic mass is 35.5. The van der Waals surface area contributed by atoms with Gasteiger partial charge in [-0.1, -0.05) is 56.3 Å². The minimum atomic E-state index is 0.509. The predicted octanol–water partition coefficient (Wildman–Crippen LogP) is 5.52. The molecular formula is C18H21ClO. The second-order valence-electron chi connectivity index (χ2n) is 5.04. The summed E-state index contributed by atoms with van der Waals surface area (Å²) in [4.78, 5) is 0. The molecule has 1 atom stereocenters. The van der Waals surface area contributed by atoms with Gasteiger partial charge >= 0.3 is 0 Å². The van der Waals surface area contributed by atoms with Gasteiger partial charge in [-0.3, -0.25) is 0 Å². The van der Waals surface area contributed by atoms with Gasteiger partial charge in [0.15, 0.2) is 0 Å². The summed E-state index contributed by atoms with van der Waals surface area (Å²) in [5.41, 5.74) is 3.56. The average molecular weight is 289 g/mol. The molecule has 2 aromatic rings. The van der Waals surface area contributed by atoms with Crippen LogP contribution in [0.3, 0.4) is 0 Å². The van der Waals surface area contributed by atoms with Crippen molar-refractivity contribution in [3.63, 3.8) is 0 Å². The maximum absolute atomic E-state index is 6.03. The van der Waals surface area contributed by atoms with E-state index >= 15 is 0 Å². The third-order valence-electron chi connectivity index (χ3n) is 3.71. The first kappa shape index (κ1) is 14.9. The maximum atomic E-state index is 6.03. The number of ether oxygens (including phenoxy) is 1. The highest BCUT2D eigenvalue weighted by Crippen LogP contribution is 2.29. The van der Waals surface area contributed by atoms with Crippen molar-refractivity contribution in [2.75, 3.05) is 0 Å². The van der Waals surface area contributed by atoms with Crippen LogP contribution in [-0.2, 0) is 12.5 Å². The number of hydrogen-bond acceptors (Lipinski definition) is 1. The summed E-state index contributed by atoms with van der Waals surface area (Å²) >= 11 is 5.96. The third-order valence-corrected chi connectivity index (χ3v) is 4.00. The van der Waals surface area contributed by atoms with Crippen LogP contribution in [0.5, 0.6) is 5.75 Å². The largest absolute Gasteiger partial charge is 0.489 e.